The third kappa shape index (κ3) is 0.921. The molecule has 0 radical (unpaired) electrons. The number of carbonyl (C=O) groups is 1. The van der Waals surface area contributed by atoms with Crippen molar-refractivity contribution in [2.24, 2.45) is 5.41 Å². The highest BCUT2D eigenvalue weighted by atomic mass is 16.6. The first-order valence-electron chi connectivity index (χ1n) is 4.93. The molecule has 0 aromatic carbocycles. The molecule has 0 aromatic rings. The van der Waals surface area contributed by atoms with Crippen LogP contribution < -0.4 is 0 Å². The standard InChI is InChI=1S/C12H16O2/c1-10(2)11(3,4)14-12(10)7-5-9(13)6-8-12/h5-8H,1-4H3. The number of ketones is 1. The molecule has 0 unspecified atom stereocenters. The lowest BCUT2D eigenvalue weighted by atomic mass is 9.58. The monoisotopic (exact) mass is 192 g/mol. The lowest BCUT2D eigenvalue weighted by Crippen LogP contribution is -2.70. The smallest absolute Gasteiger partial charge is 0.178 e. The average molecular weight is 192 g/mol. The van der Waals surface area contributed by atoms with Gasteiger partial charge in [0.15, 0.2) is 5.78 Å². The van der Waals surface area contributed by atoms with Crippen molar-refractivity contribution in [3.63, 3.8) is 0 Å². The van der Waals surface area contributed by atoms with Crippen LogP contribution in [0.2, 0.25) is 0 Å². The van der Waals surface area contributed by atoms with E-state index in [1.165, 1.54) is 0 Å². The van der Waals surface area contributed by atoms with Gasteiger partial charge in [-0.2, -0.15) is 0 Å². The minimum Gasteiger partial charge on any atom is -0.360 e. The quantitative estimate of drug-likeness (QED) is 0.588. The highest BCUT2D eigenvalue weighted by Gasteiger charge is 2.64. The van der Waals surface area contributed by atoms with Crippen LogP contribution in [-0.2, 0) is 9.53 Å². The van der Waals surface area contributed by atoms with Gasteiger partial charge >= 0.3 is 0 Å². The molecule has 1 spiro atoms. The number of allylic oxidation sites excluding steroid dienone is 2. The van der Waals surface area contributed by atoms with Gasteiger partial charge in [0, 0.05) is 5.41 Å². The largest absolute Gasteiger partial charge is 0.360 e. The van der Waals surface area contributed by atoms with E-state index in [4.69, 9.17) is 4.74 Å². The van der Waals surface area contributed by atoms with Gasteiger partial charge in [0.1, 0.15) is 5.60 Å². The van der Waals surface area contributed by atoms with E-state index in [2.05, 4.69) is 27.7 Å². The van der Waals surface area contributed by atoms with Crippen molar-refractivity contribution >= 4 is 5.78 Å². The molecule has 2 nitrogen and oxygen atoms in total. The average Bonchev–Trinajstić information content (AvgIpc) is 2.08. The second kappa shape index (κ2) is 2.37. The molecule has 2 heteroatoms. The molecule has 1 aliphatic heterocycles. The molecule has 1 fully saturated rings. The highest BCUT2D eigenvalue weighted by Crippen LogP contribution is 2.58. The minimum absolute atomic E-state index is 0.0215. The molecule has 1 saturated heterocycles. The third-order valence-electron chi connectivity index (χ3n) is 3.90. The lowest BCUT2D eigenvalue weighted by molar-refractivity contribution is -0.311. The third-order valence-corrected chi connectivity index (χ3v) is 3.90. The second-order valence-electron chi connectivity index (χ2n) is 5.10. The fraction of sp³-hybridized carbons (Fsp3) is 0.583. The van der Waals surface area contributed by atoms with Gasteiger partial charge in [-0.15, -0.1) is 0 Å². The highest BCUT2D eigenvalue weighted by molar-refractivity contribution is 6.00. The Morgan fingerprint density at radius 1 is 1.07 bits per heavy atom. The summed E-state index contributed by atoms with van der Waals surface area (Å²) < 4.78 is 5.89. The van der Waals surface area contributed by atoms with Crippen molar-refractivity contribution in [2.45, 2.75) is 38.9 Å². The van der Waals surface area contributed by atoms with Crippen molar-refractivity contribution in [1.82, 2.24) is 0 Å². The van der Waals surface area contributed by atoms with E-state index in [0.717, 1.165) is 0 Å². The van der Waals surface area contributed by atoms with Crippen LogP contribution in [0.3, 0.4) is 0 Å². The molecule has 0 amide bonds. The van der Waals surface area contributed by atoms with E-state index in [0.29, 0.717) is 0 Å². The number of rotatable bonds is 0. The number of ether oxygens (including phenoxy) is 1. The number of hydrogen-bond donors (Lipinski definition) is 0. The molecule has 0 N–H and O–H groups in total. The summed E-state index contributed by atoms with van der Waals surface area (Å²) in [5.41, 5.74) is -0.486. The van der Waals surface area contributed by atoms with Crippen LogP contribution >= 0.6 is 0 Å². The van der Waals surface area contributed by atoms with Crippen LogP contribution in [0.5, 0.6) is 0 Å². The first kappa shape index (κ1) is 9.66. The predicted molar refractivity (Wildman–Crippen MR) is 55.0 cm³/mol. The van der Waals surface area contributed by atoms with E-state index in [-0.39, 0.29) is 22.4 Å². The van der Waals surface area contributed by atoms with Gasteiger partial charge in [0.2, 0.25) is 0 Å². The van der Waals surface area contributed by atoms with Crippen molar-refractivity contribution in [3.8, 4) is 0 Å². The summed E-state index contributed by atoms with van der Waals surface area (Å²) in [4.78, 5) is 11.0. The molecule has 0 atom stereocenters. The molecule has 0 bridgehead atoms. The van der Waals surface area contributed by atoms with Crippen LogP contribution in [0, 0.1) is 5.41 Å². The summed E-state index contributed by atoms with van der Waals surface area (Å²) in [6, 6.07) is 0. The van der Waals surface area contributed by atoms with Gasteiger partial charge in [-0.25, -0.2) is 0 Å². The number of hydrogen-bond acceptors (Lipinski definition) is 2. The molecule has 0 aromatic heterocycles. The first-order valence-corrected chi connectivity index (χ1v) is 4.93. The molecule has 2 rings (SSSR count). The van der Waals surface area contributed by atoms with Crippen molar-refractivity contribution in [1.29, 1.82) is 0 Å². The number of carbonyl (C=O) groups excluding carboxylic acids is 1. The normalized spacial score (nSPS) is 30.4. The van der Waals surface area contributed by atoms with Gasteiger partial charge in [0.25, 0.3) is 0 Å². The van der Waals surface area contributed by atoms with Crippen LogP contribution in [0.25, 0.3) is 0 Å². The fourth-order valence-corrected chi connectivity index (χ4v) is 2.11. The van der Waals surface area contributed by atoms with E-state index in [1.54, 1.807) is 12.2 Å². The molecule has 0 saturated carbocycles. The molecule has 2 aliphatic rings. The zero-order chi connectivity index (χ0) is 10.6. The van der Waals surface area contributed by atoms with Crippen LogP contribution in [0.1, 0.15) is 27.7 Å². The summed E-state index contributed by atoms with van der Waals surface area (Å²) in [5.74, 6) is 0.0414. The van der Waals surface area contributed by atoms with Crippen LogP contribution in [0.15, 0.2) is 24.3 Å². The maximum atomic E-state index is 11.0. The summed E-state index contributed by atoms with van der Waals surface area (Å²) in [5, 5.41) is 0. The predicted octanol–water partition coefficient (Wildman–Crippen LogP) is 2.26. The fourth-order valence-electron chi connectivity index (χ4n) is 2.11. The Kier molecular flexibility index (Phi) is 1.64. The zero-order valence-electron chi connectivity index (χ0n) is 9.13. The Labute approximate surface area is 84.6 Å². The van der Waals surface area contributed by atoms with Gasteiger partial charge in [-0.1, -0.05) is 13.8 Å². The molecular formula is C12H16O2. The Morgan fingerprint density at radius 2 is 1.57 bits per heavy atom. The van der Waals surface area contributed by atoms with Crippen molar-refractivity contribution in [3.05, 3.63) is 24.3 Å². The Hall–Kier alpha value is -0.890. The molecule has 1 aliphatic carbocycles. The minimum atomic E-state index is -0.371. The Bertz CT molecular complexity index is 329. The van der Waals surface area contributed by atoms with Crippen LogP contribution in [0.4, 0.5) is 0 Å². The Morgan fingerprint density at radius 3 is 1.93 bits per heavy atom. The molecular weight excluding hydrogens is 176 g/mol. The van der Waals surface area contributed by atoms with Gasteiger partial charge < -0.3 is 4.74 Å². The topological polar surface area (TPSA) is 26.3 Å². The van der Waals surface area contributed by atoms with Gasteiger partial charge in [-0.05, 0) is 38.2 Å². The first-order chi connectivity index (χ1) is 6.31. The van der Waals surface area contributed by atoms with Crippen molar-refractivity contribution < 1.29 is 9.53 Å². The Balaban J connectivity index is 2.36. The van der Waals surface area contributed by atoms with Gasteiger partial charge in [0.05, 0.1) is 5.60 Å². The summed E-state index contributed by atoms with van der Waals surface area (Å²) in [7, 11) is 0. The second-order valence-corrected chi connectivity index (χ2v) is 5.10. The summed E-state index contributed by atoms with van der Waals surface area (Å²) in [6.07, 6.45) is 6.94. The van der Waals surface area contributed by atoms with E-state index < -0.39 is 0 Å². The van der Waals surface area contributed by atoms with Crippen molar-refractivity contribution in [2.75, 3.05) is 0 Å². The van der Waals surface area contributed by atoms with E-state index in [9.17, 15) is 4.79 Å². The van der Waals surface area contributed by atoms with Crippen LogP contribution in [-0.4, -0.2) is 17.0 Å². The molecule has 14 heavy (non-hydrogen) atoms. The SMILES string of the molecule is CC1(C)OC2(C=CC(=O)C=C2)C1(C)C. The maximum absolute atomic E-state index is 11.0. The lowest BCUT2D eigenvalue weighted by Gasteiger charge is -2.64. The van der Waals surface area contributed by atoms with E-state index in [1.807, 2.05) is 12.2 Å². The molecule has 76 valence electrons. The molecule has 1 heterocycles. The van der Waals surface area contributed by atoms with Gasteiger partial charge in [-0.3, -0.25) is 4.79 Å². The summed E-state index contributed by atoms with van der Waals surface area (Å²) >= 11 is 0. The van der Waals surface area contributed by atoms with E-state index >= 15 is 0 Å². The maximum Gasteiger partial charge on any atom is 0.178 e. The summed E-state index contributed by atoms with van der Waals surface area (Å²) in [6.45, 7) is 8.49. The zero-order valence-corrected chi connectivity index (χ0v) is 9.13.